The molecule has 0 bridgehead atoms. The third-order valence-electron chi connectivity index (χ3n) is 8.38. The van der Waals surface area contributed by atoms with Crippen molar-refractivity contribution in [3.63, 3.8) is 0 Å². The Bertz CT molecular complexity index is 633. The lowest BCUT2D eigenvalue weighted by atomic mass is 9.68. The number of hydrogen-bond acceptors (Lipinski definition) is 2. The first-order valence-electron chi connectivity index (χ1n) is 14.0. The van der Waals surface area contributed by atoms with Gasteiger partial charge in [-0.3, -0.25) is 0 Å². The number of carbonyl (C=O) groups is 1. The van der Waals surface area contributed by atoms with E-state index >= 15 is 0 Å². The van der Waals surface area contributed by atoms with Crippen molar-refractivity contribution in [3.8, 4) is 0 Å². The van der Waals surface area contributed by atoms with Crippen molar-refractivity contribution in [2.75, 3.05) is 6.61 Å². The van der Waals surface area contributed by atoms with Gasteiger partial charge in [0.15, 0.2) is 0 Å². The van der Waals surface area contributed by atoms with E-state index in [1.54, 1.807) is 0 Å². The molecule has 1 aromatic carbocycles. The summed E-state index contributed by atoms with van der Waals surface area (Å²) in [5, 5.41) is 0. The molecule has 0 aromatic heterocycles. The molecule has 0 atom stereocenters. The number of benzene rings is 1. The smallest absolute Gasteiger partial charge is 0.338 e. The molecule has 0 saturated heterocycles. The van der Waals surface area contributed by atoms with Gasteiger partial charge in [0.05, 0.1) is 12.2 Å². The molecule has 2 fully saturated rings. The van der Waals surface area contributed by atoms with Gasteiger partial charge in [0.2, 0.25) is 0 Å². The number of rotatable bonds is 12. The summed E-state index contributed by atoms with van der Waals surface area (Å²) in [5.74, 6) is 3.79. The van der Waals surface area contributed by atoms with Crippen LogP contribution in [0.4, 0.5) is 0 Å². The van der Waals surface area contributed by atoms with Gasteiger partial charge in [0.25, 0.3) is 0 Å². The molecule has 0 spiro atoms. The summed E-state index contributed by atoms with van der Waals surface area (Å²) in [7, 11) is 0. The topological polar surface area (TPSA) is 26.3 Å². The Hall–Kier alpha value is -1.31. The van der Waals surface area contributed by atoms with Crippen LogP contribution in [-0.4, -0.2) is 12.6 Å². The van der Waals surface area contributed by atoms with E-state index in [1.165, 1.54) is 95.5 Å². The molecule has 0 heterocycles. The summed E-state index contributed by atoms with van der Waals surface area (Å²) < 4.78 is 5.23. The fourth-order valence-electron chi connectivity index (χ4n) is 6.21. The van der Waals surface area contributed by atoms with Gasteiger partial charge < -0.3 is 4.74 Å². The molecule has 0 amide bonds. The Morgan fingerprint density at radius 3 is 1.91 bits per heavy atom. The monoisotopic (exact) mass is 440 g/mol. The predicted octanol–water partition coefficient (Wildman–Crippen LogP) is 8.77. The van der Waals surface area contributed by atoms with Crippen molar-refractivity contribution in [3.05, 3.63) is 35.4 Å². The van der Waals surface area contributed by atoms with E-state index in [-0.39, 0.29) is 5.97 Å². The second-order valence-electron chi connectivity index (χ2n) is 10.8. The third-order valence-corrected chi connectivity index (χ3v) is 8.38. The Labute approximate surface area is 197 Å². The molecule has 2 nitrogen and oxygen atoms in total. The lowest BCUT2D eigenvalue weighted by Crippen LogP contribution is -2.26. The van der Waals surface area contributed by atoms with Gasteiger partial charge >= 0.3 is 5.97 Å². The van der Waals surface area contributed by atoms with Crippen molar-refractivity contribution in [2.24, 2.45) is 23.7 Å². The summed E-state index contributed by atoms with van der Waals surface area (Å²) in [4.78, 5) is 11.9. The van der Waals surface area contributed by atoms with Gasteiger partial charge in [-0.1, -0.05) is 83.8 Å². The molecule has 180 valence electrons. The summed E-state index contributed by atoms with van der Waals surface area (Å²) in [5.41, 5.74) is 2.04. The number of ether oxygens (including phenoxy) is 1. The van der Waals surface area contributed by atoms with E-state index in [9.17, 15) is 4.79 Å². The van der Waals surface area contributed by atoms with Crippen LogP contribution in [0.25, 0.3) is 0 Å². The van der Waals surface area contributed by atoms with Crippen LogP contribution in [0.2, 0.25) is 0 Å². The number of unbranched alkanes of at least 4 members (excludes halogenated alkanes) is 3. The summed E-state index contributed by atoms with van der Waals surface area (Å²) in [6.45, 7) is 4.83. The van der Waals surface area contributed by atoms with Gasteiger partial charge in [0.1, 0.15) is 0 Å². The minimum absolute atomic E-state index is 0.192. The highest BCUT2D eigenvalue weighted by atomic mass is 16.5. The minimum atomic E-state index is -0.192. The van der Waals surface area contributed by atoms with Gasteiger partial charge in [-0.15, -0.1) is 0 Å². The van der Waals surface area contributed by atoms with E-state index in [1.807, 2.05) is 19.1 Å². The highest BCUT2D eigenvalue weighted by Gasteiger charge is 2.30. The van der Waals surface area contributed by atoms with Crippen LogP contribution in [0.3, 0.4) is 0 Å². The average Bonchev–Trinajstić information content (AvgIpc) is 2.85. The fraction of sp³-hybridized carbons (Fsp3) is 0.767. The van der Waals surface area contributed by atoms with Crippen LogP contribution in [0.15, 0.2) is 24.3 Å². The van der Waals surface area contributed by atoms with Crippen molar-refractivity contribution >= 4 is 5.97 Å². The number of hydrogen-bond donors (Lipinski definition) is 0. The molecule has 0 radical (unpaired) electrons. The highest BCUT2D eigenvalue weighted by Crippen LogP contribution is 2.43. The first-order chi connectivity index (χ1) is 15.7. The molecule has 2 saturated carbocycles. The molecular formula is C30H48O2. The Kier molecular flexibility index (Phi) is 11.1. The number of carbonyl (C=O) groups excluding carboxylic acids is 1. The third kappa shape index (κ3) is 8.23. The zero-order valence-electron chi connectivity index (χ0n) is 21.0. The SMILES string of the molecule is CCCCCC[C@H]1CC[C@H](C2CCC(CCc3ccc(C(=O)OCCC)cc3)CC2)CC1. The second-order valence-corrected chi connectivity index (χ2v) is 10.8. The maximum atomic E-state index is 11.9. The van der Waals surface area contributed by atoms with E-state index in [4.69, 9.17) is 4.74 Å². The molecular weight excluding hydrogens is 392 g/mol. The Morgan fingerprint density at radius 1 is 0.750 bits per heavy atom. The van der Waals surface area contributed by atoms with Gasteiger partial charge in [-0.25, -0.2) is 4.79 Å². The van der Waals surface area contributed by atoms with Crippen LogP contribution in [-0.2, 0) is 11.2 Å². The maximum Gasteiger partial charge on any atom is 0.338 e. The molecule has 3 rings (SSSR count). The van der Waals surface area contributed by atoms with E-state index in [0.29, 0.717) is 12.2 Å². The van der Waals surface area contributed by atoms with E-state index < -0.39 is 0 Å². The fourth-order valence-corrected chi connectivity index (χ4v) is 6.21. The Balaban J connectivity index is 1.30. The van der Waals surface area contributed by atoms with Gasteiger partial charge in [-0.05, 0) is 86.3 Å². The lowest BCUT2D eigenvalue weighted by Gasteiger charge is -2.38. The first kappa shape index (κ1) is 25.3. The van der Waals surface area contributed by atoms with Crippen molar-refractivity contribution < 1.29 is 9.53 Å². The molecule has 0 N–H and O–H groups in total. The molecule has 0 aliphatic heterocycles. The molecule has 0 unspecified atom stereocenters. The average molecular weight is 441 g/mol. The zero-order valence-corrected chi connectivity index (χ0v) is 21.0. The van der Waals surface area contributed by atoms with Crippen molar-refractivity contribution in [2.45, 2.75) is 117 Å². The van der Waals surface area contributed by atoms with Crippen molar-refractivity contribution in [1.82, 2.24) is 0 Å². The second kappa shape index (κ2) is 14.1. The summed E-state index contributed by atoms with van der Waals surface area (Å²) in [6, 6.07) is 8.11. The predicted molar refractivity (Wildman–Crippen MR) is 135 cm³/mol. The van der Waals surface area contributed by atoms with Crippen molar-refractivity contribution in [1.29, 1.82) is 0 Å². The Morgan fingerprint density at radius 2 is 1.34 bits per heavy atom. The maximum absolute atomic E-state index is 11.9. The van der Waals surface area contributed by atoms with Crippen LogP contribution in [0, 0.1) is 23.7 Å². The van der Waals surface area contributed by atoms with Crippen LogP contribution in [0.1, 0.15) is 126 Å². The van der Waals surface area contributed by atoms with Crippen LogP contribution >= 0.6 is 0 Å². The van der Waals surface area contributed by atoms with E-state index in [0.717, 1.165) is 36.5 Å². The van der Waals surface area contributed by atoms with E-state index in [2.05, 4.69) is 19.1 Å². The molecule has 2 heteroatoms. The summed E-state index contributed by atoms with van der Waals surface area (Å²) in [6.07, 6.45) is 22.4. The van der Waals surface area contributed by atoms with Crippen LogP contribution < -0.4 is 0 Å². The quantitative estimate of drug-likeness (QED) is 0.240. The molecule has 1 aromatic rings. The van der Waals surface area contributed by atoms with Gasteiger partial charge in [-0.2, -0.15) is 0 Å². The van der Waals surface area contributed by atoms with Gasteiger partial charge in [0, 0.05) is 0 Å². The molecule has 2 aliphatic rings. The largest absolute Gasteiger partial charge is 0.462 e. The summed E-state index contributed by atoms with van der Waals surface area (Å²) >= 11 is 0. The zero-order chi connectivity index (χ0) is 22.6. The number of aryl methyl sites for hydroxylation is 1. The normalized spacial score (nSPS) is 26.1. The first-order valence-corrected chi connectivity index (χ1v) is 14.0. The molecule has 2 aliphatic carbocycles. The lowest BCUT2D eigenvalue weighted by molar-refractivity contribution is 0.0505. The molecule has 32 heavy (non-hydrogen) atoms. The number of esters is 1. The standard InChI is InChI=1S/C30H48O2/c1-3-5-6-7-8-24-11-17-27(18-12-24)28-19-13-25(14-20-28)9-10-26-15-21-29(22-16-26)30(31)32-23-4-2/h15-16,21-22,24-25,27-28H,3-14,17-20,23H2,1-2H3/t24-,25?,27-,28?. The minimum Gasteiger partial charge on any atom is -0.462 e. The highest BCUT2D eigenvalue weighted by molar-refractivity contribution is 5.89. The van der Waals surface area contributed by atoms with Crippen LogP contribution in [0.5, 0.6) is 0 Å².